The van der Waals surface area contributed by atoms with Gasteiger partial charge in [-0.3, -0.25) is 4.79 Å². The molecule has 0 aliphatic rings. The number of thioether (sulfide) groups is 1. The molecule has 33 heavy (non-hydrogen) atoms. The van der Waals surface area contributed by atoms with Crippen LogP contribution in [0.15, 0.2) is 51.9 Å². The number of nitrogens with one attached hydrogen (secondary N) is 1. The molecule has 1 aromatic heterocycles. The highest BCUT2D eigenvalue weighted by atomic mass is 32.2. The quantitative estimate of drug-likeness (QED) is 0.367. The number of anilines is 1. The van der Waals surface area contributed by atoms with E-state index in [1.54, 1.807) is 37.4 Å². The molecule has 0 fully saturated rings. The number of hydrogen-bond donors (Lipinski definition) is 1. The van der Waals surface area contributed by atoms with Crippen molar-refractivity contribution in [1.29, 1.82) is 0 Å². The van der Waals surface area contributed by atoms with Crippen molar-refractivity contribution in [3.63, 3.8) is 0 Å². The summed E-state index contributed by atoms with van der Waals surface area (Å²) >= 11 is 1.36. The van der Waals surface area contributed by atoms with Crippen molar-refractivity contribution < 1.29 is 27.2 Å². The van der Waals surface area contributed by atoms with E-state index in [2.05, 4.69) is 15.5 Å². The normalized spacial score (nSPS) is 12.4. The Kier molecular flexibility index (Phi) is 8.01. The molecule has 2 aromatic carbocycles. The number of rotatable bonds is 9. The van der Waals surface area contributed by atoms with Crippen molar-refractivity contribution in [2.45, 2.75) is 49.4 Å². The van der Waals surface area contributed by atoms with Gasteiger partial charge in [-0.05, 0) is 48.9 Å². The predicted molar refractivity (Wildman–Crippen MR) is 120 cm³/mol. The Bertz CT molecular complexity index is 1080. The molecule has 0 saturated carbocycles. The second-order valence-corrected chi connectivity index (χ2v) is 8.84. The summed E-state index contributed by atoms with van der Waals surface area (Å²) in [6, 6.07) is 11.0. The Balaban J connectivity index is 1.64. The third-order valence-electron chi connectivity index (χ3n) is 4.86. The third kappa shape index (κ3) is 6.74. The van der Waals surface area contributed by atoms with Crippen LogP contribution in [0.25, 0.3) is 11.4 Å². The first kappa shape index (κ1) is 24.6. The Labute approximate surface area is 193 Å². The Morgan fingerprint density at radius 2 is 1.94 bits per heavy atom. The number of aryl methyl sites for hydroxylation is 1. The molecule has 1 N–H and O–H groups in total. The van der Waals surface area contributed by atoms with E-state index >= 15 is 0 Å². The van der Waals surface area contributed by atoms with Crippen LogP contribution in [-0.4, -0.2) is 28.4 Å². The topological polar surface area (TPSA) is 77.2 Å². The van der Waals surface area contributed by atoms with Gasteiger partial charge in [-0.15, -0.1) is 11.8 Å². The number of ether oxygens (including phenoxy) is 1. The summed E-state index contributed by atoms with van der Waals surface area (Å²) in [5.41, 5.74) is -0.436. The van der Waals surface area contributed by atoms with Gasteiger partial charge in [0.1, 0.15) is 5.75 Å². The molecular formula is C23H24F3N3O3S. The number of hydrogen-bond acceptors (Lipinski definition) is 6. The minimum absolute atomic E-state index is 0.0955. The van der Waals surface area contributed by atoms with E-state index < -0.39 is 17.6 Å². The summed E-state index contributed by atoms with van der Waals surface area (Å²) in [6.45, 7) is 3.92. The van der Waals surface area contributed by atoms with Crippen LogP contribution in [0.2, 0.25) is 0 Å². The zero-order valence-electron chi connectivity index (χ0n) is 18.4. The van der Waals surface area contributed by atoms with E-state index in [1.807, 2.05) is 13.8 Å². The van der Waals surface area contributed by atoms with Gasteiger partial charge in [0, 0.05) is 28.6 Å². The summed E-state index contributed by atoms with van der Waals surface area (Å²) in [7, 11) is 1.56. The van der Waals surface area contributed by atoms with Crippen LogP contribution in [0.3, 0.4) is 0 Å². The number of aromatic nitrogens is 2. The van der Waals surface area contributed by atoms with E-state index in [0.29, 0.717) is 22.0 Å². The van der Waals surface area contributed by atoms with Crippen molar-refractivity contribution in [2.24, 2.45) is 0 Å². The Hall–Kier alpha value is -3.01. The summed E-state index contributed by atoms with van der Waals surface area (Å²) in [5.74, 6) is 0.671. The molecule has 6 nitrogen and oxygen atoms in total. The van der Waals surface area contributed by atoms with Crippen LogP contribution in [0.4, 0.5) is 18.9 Å². The molecule has 0 aliphatic carbocycles. The summed E-state index contributed by atoms with van der Waals surface area (Å²) < 4.78 is 50.9. The Morgan fingerprint density at radius 3 is 2.58 bits per heavy atom. The molecule has 3 aromatic rings. The minimum atomic E-state index is -4.59. The lowest BCUT2D eigenvalue weighted by atomic mass is 10.1. The fourth-order valence-corrected chi connectivity index (χ4v) is 3.87. The number of alkyl halides is 3. The molecule has 3 rings (SSSR count). The molecule has 0 radical (unpaired) electrons. The number of nitrogens with zero attached hydrogens (tertiary/aromatic N) is 2. The second kappa shape index (κ2) is 10.7. The monoisotopic (exact) mass is 479 g/mol. The Morgan fingerprint density at radius 1 is 1.21 bits per heavy atom. The summed E-state index contributed by atoms with van der Waals surface area (Å²) in [4.78, 5) is 17.1. The fraction of sp³-hybridized carbons (Fsp3) is 0.348. The van der Waals surface area contributed by atoms with Crippen molar-refractivity contribution in [3.05, 3.63) is 53.9 Å². The van der Waals surface area contributed by atoms with Crippen LogP contribution in [0.5, 0.6) is 5.75 Å². The summed E-state index contributed by atoms with van der Waals surface area (Å²) in [6.07, 6.45) is -3.77. The van der Waals surface area contributed by atoms with Gasteiger partial charge in [0.05, 0.1) is 18.4 Å². The molecule has 10 heteroatoms. The van der Waals surface area contributed by atoms with Crippen LogP contribution >= 0.6 is 11.8 Å². The fourth-order valence-electron chi connectivity index (χ4n) is 2.90. The maximum atomic E-state index is 13.6. The number of amides is 1. The maximum Gasteiger partial charge on any atom is 0.418 e. The van der Waals surface area contributed by atoms with E-state index in [4.69, 9.17) is 9.26 Å². The predicted octanol–water partition coefficient (Wildman–Crippen LogP) is 6.23. The van der Waals surface area contributed by atoms with E-state index in [0.717, 1.165) is 12.5 Å². The van der Waals surface area contributed by atoms with Gasteiger partial charge in [0.2, 0.25) is 17.6 Å². The highest BCUT2D eigenvalue weighted by Gasteiger charge is 2.34. The molecule has 0 saturated heterocycles. The number of carbonyl (C=O) groups is 1. The molecular weight excluding hydrogens is 455 g/mol. The average molecular weight is 480 g/mol. The van der Waals surface area contributed by atoms with Crippen LogP contribution < -0.4 is 10.1 Å². The molecule has 1 unspecified atom stereocenters. The number of benzene rings is 2. The van der Waals surface area contributed by atoms with Crippen molar-refractivity contribution in [3.8, 4) is 17.1 Å². The second-order valence-electron chi connectivity index (χ2n) is 7.33. The van der Waals surface area contributed by atoms with Gasteiger partial charge >= 0.3 is 6.18 Å². The molecule has 0 bridgehead atoms. The van der Waals surface area contributed by atoms with Gasteiger partial charge in [-0.25, -0.2) is 0 Å². The lowest BCUT2D eigenvalue weighted by molar-refractivity contribution is -0.137. The molecule has 176 valence electrons. The largest absolute Gasteiger partial charge is 0.497 e. The first-order valence-corrected chi connectivity index (χ1v) is 11.2. The van der Waals surface area contributed by atoms with Gasteiger partial charge in [-0.1, -0.05) is 19.0 Å². The molecule has 0 aliphatic heterocycles. The van der Waals surface area contributed by atoms with Crippen LogP contribution in [0, 0.1) is 0 Å². The van der Waals surface area contributed by atoms with Gasteiger partial charge in [-0.2, -0.15) is 18.2 Å². The number of methoxy groups -OCH3 is 1. The lowest BCUT2D eigenvalue weighted by Crippen LogP contribution is -2.17. The maximum absolute atomic E-state index is 13.6. The number of carbonyl (C=O) groups excluding carboxylic acids is 1. The van der Waals surface area contributed by atoms with Gasteiger partial charge < -0.3 is 14.6 Å². The SMILES string of the molecule is CCC(C)Sc1ccc(NC(=O)CCc2nc(-c3ccc(OC)cc3)no2)c(C(F)(F)F)c1. The average Bonchev–Trinajstić information content (AvgIpc) is 3.27. The zero-order valence-corrected chi connectivity index (χ0v) is 19.2. The van der Waals surface area contributed by atoms with Crippen LogP contribution in [-0.2, 0) is 17.4 Å². The minimum Gasteiger partial charge on any atom is -0.497 e. The molecule has 1 amide bonds. The van der Waals surface area contributed by atoms with E-state index in [1.165, 1.54) is 17.8 Å². The van der Waals surface area contributed by atoms with Crippen molar-refractivity contribution in [2.75, 3.05) is 12.4 Å². The van der Waals surface area contributed by atoms with Crippen molar-refractivity contribution >= 4 is 23.4 Å². The van der Waals surface area contributed by atoms with Gasteiger partial charge in [0.25, 0.3) is 0 Å². The highest BCUT2D eigenvalue weighted by molar-refractivity contribution is 7.99. The first-order chi connectivity index (χ1) is 15.7. The van der Waals surface area contributed by atoms with Crippen molar-refractivity contribution in [1.82, 2.24) is 10.1 Å². The first-order valence-electron chi connectivity index (χ1n) is 10.3. The lowest BCUT2D eigenvalue weighted by Gasteiger charge is -2.16. The molecule has 1 heterocycles. The number of halogens is 3. The standard InChI is InChI=1S/C23H24F3N3O3S/c1-4-14(2)33-17-9-10-19(18(13-17)23(24,25)26)27-20(30)11-12-21-28-22(29-32-21)15-5-7-16(31-3)8-6-15/h5-10,13-14H,4,11-12H2,1-3H3,(H,27,30). The van der Waals surface area contributed by atoms with E-state index in [-0.39, 0.29) is 29.7 Å². The third-order valence-corrected chi connectivity index (χ3v) is 6.13. The smallest absolute Gasteiger partial charge is 0.418 e. The van der Waals surface area contributed by atoms with Gasteiger partial charge in [0.15, 0.2) is 0 Å². The zero-order chi connectivity index (χ0) is 24.0. The molecule has 1 atom stereocenters. The summed E-state index contributed by atoms with van der Waals surface area (Å²) in [5, 5.41) is 6.43. The van der Waals surface area contributed by atoms with Crippen LogP contribution in [0.1, 0.15) is 38.1 Å². The highest BCUT2D eigenvalue weighted by Crippen LogP contribution is 2.38. The van der Waals surface area contributed by atoms with E-state index in [9.17, 15) is 18.0 Å². The molecule has 0 spiro atoms.